The number of amides is 1. The lowest BCUT2D eigenvalue weighted by Crippen LogP contribution is -2.29. The first-order valence-corrected chi connectivity index (χ1v) is 12.1. The van der Waals surface area contributed by atoms with Crippen LogP contribution in [0.1, 0.15) is 29.7 Å². The number of halogens is 1. The summed E-state index contributed by atoms with van der Waals surface area (Å²) in [6, 6.07) is 21.4. The van der Waals surface area contributed by atoms with Gasteiger partial charge in [0.25, 0.3) is 5.78 Å². The molecule has 0 saturated carbocycles. The Kier molecular flexibility index (Phi) is 5.60. The van der Waals surface area contributed by atoms with Crippen LogP contribution in [0.15, 0.2) is 82.8 Å². The zero-order chi connectivity index (χ0) is 23.1. The van der Waals surface area contributed by atoms with Crippen molar-refractivity contribution in [3.8, 4) is 0 Å². The van der Waals surface area contributed by atoms with E-state index in [1.54, 1.807) is 24.3 Å². The van der Waals surface area contributed by atoms with E-state index in [1.807, 2.05) is 42.5 Å². The van der Waals surface area contributed by atoms with Crippen LogP contribution in [-0.4, -0.2) is 21.8 Å². The van der Waals surface area contributed by atoms with E-state index in [-0.39, 0.29) is 11.3 Å². The summed E-state index contributed by atoms with van der Waals surface area (Å²) in [5.74, 6) is -1.62. The lowest BCUT2D eigenvalue weighted by atomic mass is 9.95. The Hall–Kier alpha value is -3.29. The molecule has 1 atom stereocenters. The van der Waals surface area contributed by atoms with Crippen molar-refractivity contribution in [3.63, 3.8) is 0 Å². The van der Waals surface area contributed by atoms with E-state index >= 15 is 0 Å². The highest BCUT2D eigenvalue weighted by molar-refractivity contribution is 9.10. The van der Waals surface area contributed by atoms with Crippen LogP contribution in [0.25, 0.3) is 16.0 Å². The molecule has 1 aromatic heterocycles. The molecule has 0 aliphatic carbocycles. The normalized spacial score (nSPS) is 17.8. The molecule has 1 amide bonds. The summed E-state index contributed by atoms with van der Waals surface area (Å²) < 4.78 is 1.82. The van der Waals surface area contributed by atoms with Gasteiger partial charge in [0.15, 0.2) is 5.13 Å². The zero-order valence-corrected chi connectivity index (χ0v) is 20.1. The minimum atomic E-state index is -0.787. The molecule has 4 aromatic rings. The predicted octanol–water partition coefficient (Wildman–Crippen LogP) is 6.25. The molecule has 1 fully saturated rings. The van der Waals surface area contributed by atoms with Crippen LogP contribution in [0, 0.1) is 0 Å². The molecule has 2 heterocycles. The van der Waals surface area contributed by atoms with Gasteiger partial charge >= 0.3 is 5.91 Å². The number of fused-ring (bicyclic) bond motifs is 1. The van der Waals surface area contributed by atoms with E-state index in [0.717, 1.165) is 21.1 Å². The Bertz CT molecular complexity index is 1410. The van der Waals surface area contributed by atoms with E-state index in [4.69, 9.17) is 0 Å². The third-order valence-corrected chi connectivity index (χ3v) is 7.28. The Morgan fingerprint density at radius 1 is 1.06 bits per heavy atom. The number of nitrogens with zero attached hydrogens (tertiary/aromatic N) is 2. The molecule has 0 spiro atoms. The topological polar surface area (TPSA) is 70.5 Å². The van der Waals surface area contributed by atoms with Gasteiger partial charge in [-0.3, -0.25) is 14.5 Å². The maximum absolute atomic E-state index is 13.3. The van der Waals surface area contributed by atoms with E-state index in [2.05, 4.69) is 33.9 Å². The zero-order valence-electron chi connectivity index (χ0n) is 17.7. The van der Waals surface area contributed by atoms with Gasteiger partial charge in [-0.1, -0.05) is 82.7 Å². The number of aliphatic hydroxyl groups is 1. The molecule has 33 heavy (non-hydrogen) atoms. The average molecular weight is 519 g/mol. The maximum Gasteiger partial charge on any atom is 0.301 e. The van der Waals surface area contributed by atoms with Crippen LogP contribution < -0.4 is 4.90 Å². The Labute approximate surface area is 203 Å². The molecule has 1 saturated heterocycles. The number of ketones is 1. The van der Waals surface area contributed by atoms with Crippen molar-refractivity contribution in [1.29, 1.82) is 0 Å². The molecule has 3 aromatic carbocycles. The summed E-state index contributed by atoms with van der Waals surface area (Å²) in [6.45, 7) is 2.08. The summed E-state index contributed by atoms with van der Waals surface area (Å²) in [4.78, 5) is 32.6. The number of carbonyl (C=O) groups is 2. The largest absolute Gasteiger partial charge is 0.507 e. The van der Waals surface area contributed by atoms with E-state index < -0.39 is 17.7 Å². The SMILES string of the molecule is CCc1ccc2nc(N3C(=O)C(=O)C(=C(O)c4ccccc4)[C@@H]3c3ccc(Br)cc3)sc2c1. The number of aromatic nitrogens is 1. The molecule has 7 heteroatoms. The van der Waals surface area contributed by atoms with Crippen molar-refractivity contribution in [1.82, 2.24) is 4.98 Å². The number of Topliss-reactive ketones (excluding diaryl/α,β-unsaturated/α-hetero) is 1. The first kappa shape index (κ1) is 21.6. The van der Waals surface area contributed by atoms with Gasteiger partial charge in [-0.05, 0) is 41.8 Å². The molecule has 0 radical (unpaired) electrons. The molecule has 1 N–H and O–H groups in total. The smallest absolute Gasteiger partial charge is 0.301 e. The lowest BCUT2D eigenvalue weighted by Gasteiger charge is -2.23. The number of hydrogen-bond donors (Lipinski definition) is 1. The van der Waals surface area contributed by atoms with Gasteiger partial charge in [-0.15, -0.1) is 0 Å². The summed E-state index contributed by atoms with van der Waals surface area (Å²) in [7, 11) is 0. The van der Waals surface area contributed by atoms with E-state index in [1.165, 1.54) is 21.8 Å². The van der Waals surface area contributed by atoms with Gasteiger partial charge in [0, 0.05) is 10.0 Å². The molecular formula is C26H19BrN2O3S. The molecular weight excluding hydrogens is 500 g/mol. The molecule has 1 aliphatic rings. The second-order valence-corrected chi connectivity index (χ2v) is 9.66. The number of thiazole rings is 1. The highest BCUT2D eigenvalue weighted by Crippen LogP contribution is 2.44. The monoisotopic (exact) mass is 518 g/mol. The minimum Gasteiger partial charge on any atom is -0.507 e. The fourth-order valence-electron chi connectivity index (χ4n) is 4.02. The predicted molar refractivity (Wildman–Crippen MR) is 134 cm³/mol. The van der Waals surface area contributed by atoms with Gasteiger partial charge in [-0.25, -0.2) is 4.98 Å². The number of rotatable bonds is 4. The van der Waals surface area contributed by atoms with Crippen LogP contribution in [0.3, 0.4) is 0 Å². The molecule has 5 rings (SSSR count). The number of hydrogen-bond acceptors (Lipinski definition) is 5. The second kappa shape index (κ2) is 8.57. The Morgan fingerprint density at radius 2 is 1.79 bits per heavy atom. The number of anilines is 1. The number of aryl methyl sites for hydroxylation is 1. The van der Waals surface area contributed by atoms with E-state index in [0.29, 0.717) is 16.3 Å². The maximum atomic E-state index is 13.3. The number of aliphatic hydroxyl groups excluding tert-OH is 1. The highest BCUT2D eigenvalue weighted by atomic mass is 79.9. The van der Waals surface area contributed by atoms with Gasteiger partial charge in [0.05, 0.1) is 21.8 Å². The molecule has 0 unspecified atom stereocenters. The van der Waals surface area contributed by atoms with Crippen LogP contribution in [-0.2, 0) is 16.0 Å². The van der Waals surface area contributed by atoms with Gasteiger partial charge in [0.1, 0.15) is 5.76 Å². The third kappa shape index (κ3) is 3.77. The lowest BCUT2D eigenvalue weighted by molar-refractivity contribution is -0.132. The van der Waals surface area contributed by atoms with Gasteiger partial charge in [0.2, 0.25) is 0 Å². The summed E-state index contributed by atoms with van der Waals surface area (Å²) >= 11 is 4.81. The van der Waals surface area contributed by atoms with Crippen molar-refractivity contribution in [2.45, 2.75) is 19.4 Å². The van der Waals surface area contributed by atoms with Crippen LogP contribution in [0.4, 0.5) is 5.13 Å². The number of benzene rings is 3. The van der Waals surface area contributed by atoms with Crippen molar-refractivity contribution < 1.29 is 14.7 Å². The van der Waals surface area contributed by atoms with Crippen molar-refractivity contribution in [3.05, 3.63) is 99.5 Å². The molecule has 1 aliphatic heterocycles. The Morgan fingerprint density at radius 3 is 2.48 bits per heavy atom. The van der Waals surface area contributed by atoms with Crippen LogP contribution >= 0.6 is 27.3 Å². The van der Waals surface area contributed by atoms with Crippen molar-refractivity contribution >= 4 is 60.1 Å². The van der Waals surface area contributed by atoms with Gasteiger partial charge in [-0.2, -0.15) is 0 Å². The molecule has 164 valence electrons. The van der Waals surface area contributed by atoms with Crippen molar-refractivity contribution in [2.75, 3.05) is 4.90 Å². The summed E-state index contributed by atoms with van der Waals surface area (Å²) in [6.07, 6.45) is 0.893. The van der Waals surface area contributed by atoms with Crippen LogP contribution in [0.5, 0.6) is 0 Å². The standard InChI is InChI=1S/C26H19BrN2O3S/c1-2-15-8-13-19-20(14-15)33-26(28-19)29-22(16-9-11-18(27)12-10-16)21(24(31)25(29)32)23(30)17-6-4-3-5-7-17/h3-14,22,30H,2H2,1H3/t22-/m0/s1. The van der Waals surface area contributed by atoms with Gasteiger partial charge < -0.3 is 5.11 Å². The first-order valence-electron chi connectivity index (χ1n) is 10.5. The average Bonchev–Trinajstić information content (AvgIpc) is 3.37. The molecule has 0 bridgehead atoms. The fourth-order valence-corrected chi connectivity index (χ4v) is 5.34. The third-order valence-electron chi connectivity index (χ3n) is 5.73. The minimum absolute atomic E-state index is 0.0574. The quantitative estimate of drug-likeness (QED) is 0.197. The molecule has 5 nitrogen and oxygen atoms in total. The first-order chi connectivity index (χ1) is 16.0. The summed E-state index contributed by atoms with van der Waals surface area (Å²) in [5.41, 5.74) is 3.19. The van der Waals surface area contributed by atoms with Crippen molar-refractivity contribution in [2.24, 2.45) is 0 Å². The highest BCUT2D eigenvalue weighted by Gasteiger charge is 2.48. The number of carbonyl (C=O) groups excluding carboxylic acids is 2. The second-order valence-electron chi connectivity index (χ2n) is 7.74. The van der Waals surface area contributed by atoms with Crippen LogP contribution in [0.2, 0.25) is 0 Å². The fraction of sp³-hybridized carbons (Fsp3) is 0.115. The van der Waals surface area contributed by atoms with E-state index in [9.17, 15) is 14.7 Å². The summed E-state index contributed by atoms with van der Waals surface area (Å²) in [5, 5.41) is 11.6. The Balaban J connectivity index is 1.72.